The van der Waals surface area contributed by atoms with E-state index in [9.17, 15) is 14.4 Å². The van der Waals surface area contributed by atoms with Gasteiger partial charge in [-0.3, -0.25) is 9.78 Å². The normalized spacial score (nSPS) is 14.1. The molecule has 3 aromatic rings. The number of nitrogens with one attached hydrogen (secondary N) is 1. The summed E-state index contributed by atoms with van der Waals surface area (Å²) in [5.41, 5.74) is 2.25. The summed E-state index contributed by atoms with van der Waals surface area (Å²) in [4.78, 5) is 19.2. The van der Waals surface area contributed by atoms with Crippen molar-refractivity contribution < 1.29 is 18.7 Å². The molecule has 1 aliphatic rings. The maximum atomic E-state index is 13.9. The number of hydrogen-bond donors (Lipinski definition) is 1. The van der Waals surface area contributed by atoms with Gasteiger partial charge in [-0.2, -0.15) is 5.26 Å². The Kier molecular flexibility index (Phi) is 6.08. The van der Waals surface area contributed by atoms with Crippen LogP contribution in [0.25, 0.3) is 10.9 Å². The first-order valence-electron chi connectivity index (χ1n) is 10.3. The number of methoxy groups -OCH3 is 2. The Morgan fingerprint density at radius 3 is 2.66 bits per heavy atom. The maximum absolute atomic E-state index is 13.9. The Morgan fingerprint density at radius 2 is 1.97 bits per heavy atom. The minimum absolute atomic E-state index is 0.0951. The smallest absolute Gasteiger partial charge is 0.227 e. The van der Waals surface area contributed by atoms with Gasteiger partial charge in [0.2, 0.25) is 5.91 Å². The molecule has 1 amide bonds. The Hall–Kier alpha value is -3.86. The molecular weight excluding hydrogens is 411 g/mol. The zero-order chi connectivity index (χ0) is 22.7. The van der Waals surface area contributed by atoms with E-state index in [0.29, 0.717) is 65.3 Å². The maximum Gasteiger partial charge on any atom is 0.227 e. The summed E-state index contributed by atoms with van der Waals surface area (Å²) >= 11 is 0. The van der Waals surface area contributed by atoms with E-state index in [1.807, 2.05) is 4.90 Å². The molecule has 4 rings (SSSR count). The molecule has 1 fully saturated rings. The number of anilines is 2. The zero-order valence-electron chi connectivity index (χ0n) is 17.9. The minimum atomic E-state index is -0.378. The average Bonchev–Trinajstić information content (AvgIpc) is 2.83. The number of amides is 1. The lowest BCUT2D eigenvalue weighted by molar-refractivity contribution is -0.120. The lowest BCUT2D eigenvalue weighted by Gasteiger charge is -2.34. The van der Waals surface area contributed by atoms with Crippen LogP contribution < -0.4 is 19.7 Å². The number of hydrogen-bond acceptors (Lipinski definition) is 6. The second-order valence-corrected chi connectivity index (χ2v) is 7.61. The first-order valence-corrected chi connectivity index (χ1v) is 10.3. The molecule has 1 aromatic heterocycles. The van der Waals surface area contributed by atoms with Gasteiger partial charge in [-0.1, -0.05) is 0 Å². The predicted octanol–water partition coefficient (Wildman–Crippen LogP) is 4.12. The number of piperidine rings is 1. The number of pyridine rings is 1. The third kappa shape index (κ3) is 4.14. The lowest BCUT2D eigenvalue weighted by atomic mass is 9.94. The summed E-state index contributed by atoms with van der Waals surface area (Å²) in [6.45, 7) is 1.13. The second-order valence-electron chi connectivity index (χ2n) is 7.61. The highest BCUT2D eigenvalue weighted by Crippen LogP contribution is 2.34. The van der Waals surface area contributed by atoms with Crippen molar-refractivity contribution in [3.63, 3.8) is 0 Å². The van der Waals surface area contributed by atoms with Crippen molar-refractivity contribution in [2.75, 3.05) is 37.5 Å². The Balaban J connectivity index is 1.51. The van der Waals surface area contributed by atoms with Gasteiger partial charge in [-0.05, 0) is 43.2 Å². The molecule has 0 bridgehead atoms. The van der Waals surface area contributed by atoms with Crippen LogP contribution in [0.1, 0.15) is 18.4 Å². The lowest BCUT2D eigenvalue weighted by Crippen LogP contribution is -2.38. The van der Waals surface area contributed by atoms with Crippen LogP contribution in [0.2, 0.25) is 0 Å². The van der Waals surface area contributed by atoms with Gasteiger partial charge in [-0.15, -0.1) is 0 Å². The first-order chi connectivity index (χ1) is 15.5. The molecule has 8 heteroatoms. The highest BCUT2D eigenvalue weighted by Gasteiger charge is 2.28. The SMILES string of the molecule is COc1ccc(OC)c(NC(=O)C2CCN(c3c(C#N)cnc4ccc(F)cc34)CC2)c1. The summed E-state index contributed by atoms with van der Waals surface area (Å²) in [5, 5.41) is 13.1. The van der Waals surface area contributed by atoms with E-state index >= 15 is 0 Å². The zero-order valence-corrected chi connectivity index (χ0v) is 17.9. The largest absolute Gasteiger partial charge is 0.497 e. The van der Waals surface area contributed by atoms with E-state index in [4.69, 9.17) is 9.47 Å². The second kappa shape index (κ2) is 9.10. The quantitative estimate of drug-likeness (QED) is 0.650. The number of ether oxygens (including phenoxy) is 2. The molecule has 7 nitrogen and oxygen atoms in total. The summed E-state index contributed by atoms with van der Waals surface area (Å²) in [5.74, 6) is 0.509. The van der Waals surface area contributed by atoms with Crippen LogP contribution in [0.15, 0.2) is 42.6 Å². The van der Waals surface area contributed by atoms with Gasteiger partial charge < -0.3 is 19.7 Å². The molecule has 32 heavy (non-hydrogen) atoms. The first kappa shape index (κ1) is 21.4. The number of carbonyl (C=O) groups is 1. The van der Waals surface area contributed by atoms with Crippen molar-refractivity contribution in [1.82, 2.24) is 4.98 Å². The third-order valence-electron chi connectivity index (χ3n) is 5.77. The molecule has 0 saturated carbocycles. The number of fused-ring (bicyclic) bond motifs is 1. The van der Waals surface area contributed by atoms with Crippen LogP contribution in [0.5, 0.6) is 11.5 Å². The monoisotopic (exact) mass is 434 g/mol. The fourth-order valence-electron chi connectivity index (χ4n) is 4.09. The predicted molar refractivity (Wildman–Crippen MR) is 120 cm³/mol. The number of rotatable bonds is 5. The van der Waals surface area contributed by atoms with Crippen molar-refractivity contribution in [2.24, 2.45) is 5.92 Å². The van der Waals surface area contributed by atoms with Crippen LogP contribution in [-0.2, 0) is 4.79 Å². The number of halogens is 1. The molecule has 1 aliphatic heterocycles. The molecule has 1 N–H and O–H groups in total. The van der Waals surface area contributed by atoms with E-state index in [-0.39, 0.29) is 17.6 Å². The Bertz CT molecular complexity index is 1200. The number of carbonyl (C=O) groups excluding carboxylic acids is 1. The van der Waals surface area contributed by atoms with Gasteiger partial charge in [0.25, 0.3) is 0 Å². The van der Waals surface area contributed by atoms with Crippen LogP contribution in [0.3, 0.4) is 0 Å². The fourth-order valence-corrected chi connectivity index (χ4v) is 4.09. The molecular formula is C24H23FN4O3. The molecule has 164 valence electrons. The summed E-state index contributed by atoms with van der Waals surface area (Å²) < 4.78 is 24.5. The van der Waals surface area contributed by atoms with Gasteiger partial charge in [0.15, 0.2) is 0 Å². The van der Waals surface area contributed by atoms with Gasteiger partial charge in [0.1, 0.15) is 23.4 Å². The minimum Gasteiger partial charge on any atom is -0.497 e. The van der Waals surface area contributed by atoms with Gasteiger partial charge in [0.05, 0.1) is 36.7 Å². The van der Waals surface area contributed by atoms with Crippen molar-refractivity contribution in [3.8, 4) is 17.6 Å². The Labute approximate surface area is 185 Å². The summed E-state index contributed by atoms with van der Waals surface area (Å²) in [6.07, 6.45) is 2.72. The molecule has 2 aromatic carbocycles. The van der Waals surface area contributed by atoms with Crippen LogP contribution in [0.4, 0.5) is 15.8 Å². The summed E-state index contributed by atoms with van der Waals surface area (Å²) in [6, 6.07) is 11.8. The fraction of sp³-hybridized carbons (Fsp3) is 0.292. The van der Waals surface area contributed by atoms with Crippen molar-refractivity contribution >= 4 is 28.2 Å². The van der Waals surface area contributed by atoms with E-state index in [1.165, 1.54) is 18.3 Å². The molecule has 0 spiro atoms. The highest BCUT2D eigenvalue weighted by molar-refractivity contribution is 5.96. The Morgan fingerprint density at radius 1 is 1.19 bits per heavy atom. The standard InChI is InChI=1S/C24H23FN4O3/c1-31-18-4-6-22(32-2)21(12-18)28-24(30)15-7-9-29(10-8-15)23-16(13-26)14-27-20-5-3-17(25)11-19(20)23/h3-6,11-12,14-15H,7-10H2,1-2H3,(H,28,30). The molecule has 0 atom stereocenters. The summed E-state index contributed by atoms with van der Waals surface area (Å²) in [7, 11) is 3.11. The number of aromatic nitrogens is 1. The number of nitriles is 1. The number of nitrogens with zero attached hydrogens (tertiary/aromatic N) is 3. The van der Waals surface area contributed by atoms with Crippen molar-refractivity contribution in [1.29, 1.82) is 5.26 Å². The van der Waals surface area contributed by atoms with Gasteiger partial charge >= 0.3 is 0 Å². The van der Waals surface area contributed by atoms with Crippen molar-refractivity contribution in [2.45, 2.75) is 12.8 Å². The van der Waals surface area contributed by atoms with Gasteiger partial charge in [0, 0.05) is 36.7 Å². The van der Waals surface area contributed by atoms with E-state index in [1.54, 1.807) is 38.5 Å². The average molecular weight is 434 g/mol. The molecule has 0 aliphatic carbocycles. The molecule has 2 heterocycles. The van der Waals surface area contributed by atoms with Crippen LogP contribution >= 0.6 is 0 Å². The van der Waals surface area contributed by atoms with E-state index < -0.39 is 0 Å². The highest BCUT2D eigenvalue weighted by atomic mass is 19.1. The third-order valence-corrected chi connectivity index (χ3v) is 5.77. The van der Waals surface area contributed by atoms with Crippen LogP contribution in [-0.4, -0.2) is 38.2 Å². The van der Waals surface area contributed by atoms with Gasteiger partial charge in [-0.25, -0.2) is 4.39 Å². The molecule has 0 radical (unpaired) electrons. The van der Waals surface area contributed by atoms with Crippen LogP contribution in [0, 0.1) is 23.1 Å². The topological polar surface area (TPSA) is 87.5 Å². The number of benzene rings is 2. The van der Waals surface area contributed by atoms with Crippen molar-refractivity contribution in [3.05, 3.63) is 54.0 Å². The molecule has 0 unspecified atom stereocenters. The molecule has 1 saturated heterocycles. The van der Waals surface area contributed by atoms with E-state index in [2.05, 4.69) is 16.4 Å². The van der Waals surface area contributed by atoms with E-state index in [0.717, 1.165) is 0 Å².